The summed E-state index contributed by atoms with van der Waals surface area (Å²) in [4.78, 5) is 12.7. The monoisotopic (exact) mass is 203 g/mol. The van der Waals surface area contributed by atoms with Crippen LogP contribution in [-0.4, -0.2) is 22.5 Å². The summed E-state index contributed by atoms with van der Waals surface area (Å²) in [6.45, 7) is 0.0427. The van der Waals surface area contributed by atoms with Crippen LogP contribution in [0.2, 0.25) is 0 Å². The predicted molar refractivity (Wildman–Crippen MR) is 58.0 cm³/mol. The summed E-state index contributed by atoms with van der Waals surface area (Å²) < 4.78 is 0. The molecule has 0 atom stereocenters. The highest BCUT2D eigenvalue weighted by molar-refractivity contribution is 5.70. The number of nitrogens with zero attached hydrogens (tertiary/aromatic N) is 1. The van der Waals surface area contributed by atoms with Crippen molar-refractivity contribution >= 4 is 5.97 Å². The molecule has 0 fully saturated rings. The van der Waals surface area contributed by atoms with Gasteiger partial charge in [-0.25, -0.2) is 0 Å². The van der Waals surface area contributed by atoms with Crippen LogP contribution in [-0.2, 0) is 4.79 Å². The van der Waals surface area contributed by atoms with Gasteiger partial charge in [0.25, 0.3) is 0 Å². The van der Waals surface area contributed by atoms with E-state index in [1.165, 1.54) is 0 Å². The molecule has 3 nitrogen and oxygen atoms in total. The van der Waals surface area contributed by atoms with Gasteiger partial charge in [0, 0.05) is 24.2 Å². The van der Waals surface area contributed by atoms with Crippen LogP contribution in [0.15, 0.2) is 47.9 Å². The molecule has 2 rings (SSSR count). The Bertz CT molecular complexity index is 358. The van der Waals surface area contributed by atoms with Gasteiger partial charge in [0.15, 0.2) is 0 Å². The highest BCUT2D eigenvalue weighted by atomic mass is 16.4. The predicted octanol–water partition coefficient (Wildman–Crippen LogP) is 2.06. The van der Waals surface area contributed by atoms with Crippen LogP contribution in [0.4, 0.5) is 0 Å². The van der Waals surface area contributed by atoms with Crippen molar-refractivity contribution in [2.45, 2.75) is 12.8 Å². The minimum atomic E-state index is -0.796. The summed E-state index contributed by atoms with van der Waals surface area (Å²) in [7, 11) is 0. The SMILES string of the molecule is O=C(O)CN(C1=CC=CC1)C1=CC=CC1. The summed E-state index contributed by atoms with van der Waals surface area (Å²) in [5.41, 5.74) is 2.12. The minimum absolute atomic E-state index is 0.0427. The maximum atomic E-state index is 10.8. The molecule has 0 saturated heterocycles. The Balaban J connectivity index is 2.12. The highest BCUT2D eigenvalue weighted by Crippen LogP contribution is 2.24. The van der Waals surface area contributed by atoms with Crippen LogP contribution in [0.1, 0.15) is 12.8 Å². The second kappa shape index (κ2) is 4.17. The quantitative estimate of drug-likeness (QED) is 0.760. The van der Waals surface area contributed by atoms with E-state index < -0.39 is 5.97 Å². The molecule has 0 spiro atoms. The number of hydrogen-bond donors (Lipinski definition) is 1. The fourth-order valence-corrected chi connectivity index (χ4v) is 1.80. The topological polar surface area (TPSA) is 40.5 Å². The molecule has 0 heterocycles. The smallest absolute Gasteiger partial charge is 0.323 e. The van der Waals surface area contributed by atoms with Crippen molar-refractivity contribution in [2.24, 2.45) is 0 Å². The fourth-order valence-electron chi connectivity index (χ4n) is 1.80. The van der Waals surface area contributed by atoms with Gasteiger partial charge in [-0.15, -0.1) is 0 Å². The molecule has 3 heteroatoms. The molecule has 0 aliphatic heterocycles. The van der Waals surface area contributed by atoms with Crippen LogP contribution < -0.4 is 0 Å². The van der Waals surface area contributed by atoms with Gasteiger partial charge in [0.1, 0.15) is 6.54 Å². The molecule has 0 saturated carbocycles. The van der Waals surface area contributed by atoms with Crippen LogP contribution in [0, 0.1) is 0 Å². The van der Waals surface area contributed by atoms with E-state index in [0.717, 1.165) is 24.2 Å². The third-order valence-electron chi connectivity index (χ3n) is 2.49. The maximum absolute atomic E-state index is 10.8. The molecule has 0 aromatic carbocycles. The summed E-state index contributed by atoms with van der Waals surface area (Å²) in [5.74, 6) is -0.796. The number of carboxylic acids is 1. The van der Waals surface area contributed by atoms with Crippen molar-refractivity contribution in [3.05, 3.63) is 47.9 Å². The Kier molecular flexibility index (Phi) is 2.72. The van der Waals surface area contributed by atoms with Crippen LogP contribution in [0.25, 0.3) is 0 Å². The summed E-state index contributed by atoms with van der Waals surface area (Å²) in [6, 6.07) is 0. The van der Waals surface area contributed by atoms with Gasteiger partial charge in [-0.1, -0.05) is 24.3 Å². The Morgan fingerprint density at radius 3 is 2.07 bits per heavy atom. The molecule has 0 aromatic heterocycles. The van der Waals surface area contributed by atoms with Crippen molar-refractivity contribution in [1.82, 2.24) is 4.90 Å². The average Bonchev–Trinajstić information content (AvgIpc) is 2.87. The van der Waals surface area contributed by atoms with E-state index in [4.69, 9.17) is 5.11 Å². The van der Waals surface area contributed by atoms with E-state index in [9.17, 15) is 4.79 Å². The number of hydrogen-bond acceptors (Lipinski definition) is 2. The second-order valence-corrected chi connectivity index (χ2v) is 3.56. The zero-order chi connectivity index (χ0) is 10.7. The summed E-state index contributed by atoms with van der Waals surface area (Å²) >= 11 is 0. The Morgan fingerprint density at radius 2 is 1.73 bits per heavy atom. The minimum Gasteiger partial charge on any atom is -0.480 e. The Labute approximate surface area is 88.7 Å². The number of allylic oxidation sites excluding steroid dienone is 6. The third kappa shape index (κ3) is 2.18. The van der Waals surface area contributed by atoms with Crippen molar-refractivity contribution < 1.29 is 9.90 Å². The highest BCUT2D eigenvalue weighted by Gasteiger charge is 2.18. The van der Waals surface area contributed by atoms with Crippen molar-refractivity contribution in [1.29, 1.82) is 0 Å². The van der Waals surface area contributed by atoms with E-state index in [1.54, 1.807) is 0 Å². The second-order valence-electron chi connectivity index (χ2n) is 3.56. The van der Waals surface area contributed by atoms with Gasteiger partial charge in [0.2, 0.25) is 0 Å². The normalized spacial score (nSPS) is 17.9. The van der Waals surface area contributed by atoms with Gasteiger partial charge in [0.05, 0.1) is 0 Å². The zero-order valence-electron chi connectivity index (χ0n) is 8.39. The number of rotatable bonds is 4. The zero-order valence-corrected chi connectivity index (χ0v) is 8.39. The Hall–Kier alpha value is -1.77. The van der Waals surface area contributed by atoms with Crippen LogP contribution in [0.3, 0.4) is 0 Å². The lowest BCUT2D eigenvalue weighted by Gasteiger charge is -2.25. The fraction of sp³-hybridized carbons (Fsp3) is 0.250. The first-order valence-corrected chi connectivity index (χ1v) is 4.98. The summed E-state index contributed by atoms with van der Waals surface area (Å²) in [6.07, 6.45) is 13.6. The van der Waals surface area contributed by atoms with Gasteiger partial charge >= 0.3 is 5.97 Å². The van der Waals surface area contributed by atoms with Crippen molar-refractivity contribution in [3.8, 4) is 0 Å². The maximum Gasteiger partial charge on any atom is 0.323 e. The molecule has 2 aliphatic carbocycles. The Morgan fingerprint density at radius 1 is 1.20 bits per heavy atom. The molecular weight excluding hydrogens is 190 g/mol. The lowest BCUT2D eigenvalue weighted by molar-refractivity contribution is -0.137. The molecule has 0 radical (unpaired) electrons. The average molecular weight is 203 g/mol. The van der Waals surface area contributed by atoms with E-state index >= 15 is 0 Å². The van der Waals surface area contributed by atoms with Crippen LogP contribution in [0.5, 0.6) is 0 Å². The number of carboxylic acid groups (broad SMARTS) is 1. The molecule has 1 N–H and O–H groups in total. The molecule has 0 aromatic rings. The van der Waals surface area contributed by atoms with Gasteiger partial charge in [-0.2, -0.15) is 0 Å². The molecule has 15 heavy (non-hydrogen) atoms. The first-order valence-electron chi connectivity index (χ1n) is 4.98. The third-order valence-corrected chi connectivity index (χ3v) is 2.49. The molecule has 0 amide bonds. The number of carbonyl (C=O) groups is 1. The number of aliphatic carboxylic acids is 1. The molecule has 78 valence electrons. The van der Waals surface area contributed by atoms with Crippen LogP contribution >= 0.6 is 0 Å². The standard InChI is InChI=1S/C12H13NO2/c14-12(15)9-13(10-5-1-2-6-10)11-7-3-4-8-11/h1-5,7H,6,8-9H2,(H,14,15). The van der Waals surface area contributed by atoms with Crippen molar-refractivity contribution in [2.75, 3.05) is 6.54 Å². The molecular formula is C12H13NO2. The van der Waals surface area contributed by atoms with Gasteiger partial charge in [-0.05, 0) is 12.2 Å². The van der Waals surface area contributed by atoms with E-state index in [2.05, 4.69) is 0 Å². The van der Waals surface area contributed by atoms with E-state index in [-0.39, 0.29) is 6.54 Å². The molecule has 2 aliphatic rings. The van der Waals surface area contributed by atoms with Crippen molar-refractivity contribution in [3.63, 3.8) is 0 Å². The lowest BCUT2D eigenvalue weighted by Crippen LogP contribution is -2.27. The molecule has 0 unspecified atom stereocenters. The van der Waals surface area contributed by atoms with Gasteiger partial charge < -0.3 is 10.0 Å². The molecule has 0 bridgehead atoms. The first kappa shape index (κ1) is 9.77. The van der Waals surface area contributed by atoms with E-state index in [0.29, 0.717) is 0 Å². The largest absolute Gasteiger partial charge is 0.480 e. The lowest BCUT2D eigenvalue weighted by atomic mass is 10.2. The van der Waals surface area contributed by atoms with E-state index in [1.807, 2.05) is 41.4 Å². The summed E-state index contributed by atoms with van der Waals surface area (Å²) in [5, 5.41) is 8.87. The first-order chi connectivity index (χ1) is 7.27. The van der Waals surface area contributed by atoms with Gasteiger partial charge in [-0.3, -0.25) is 4.79 Å².